The van der Waals surface area contributed by atoms with Gasteiger partial charge in [-0.3, -0.25) is 29.0 Å². The van der Waals surface area contributed by atoms with Crippen LogP contribution in [0.25, 0.3) is 44.8 Å². The molecule has 0 bridgehead atoms. The summed E-state index contributed by atoms with van der Waals surface area (Å²) in [6.07, 6.45) is 7.04. The minimum Gasteiger partial charge on any atom is -0.457 e. The minimum absolute atomic E-state index is 0.0246. The smallest absolute Gasteiger partial charge is 0.246 e. The Hall–Kier alpha value is -8.33. The second-order valence-electron chi connectivity index (χ2n) is 19.1. The van der Waals surface area contributed by atoms with Gasteiger partial charge in [0.25, 0.3) is 0 Å². The van der Waals surface area contributed by atoms with Crippen molar-refractivity contribution in [1.29, 1.82) is 0 Å². The van der Waals surface area contributed by atoms with Gasteiger partial charge < -0.3 is 35.6 Å². The quantitative estimate of drug-likeness (QED) is 0.0569. The van der Waals surface area contributed by atoms with Crippen LogP contribution in [0.1, 0.15) is 43.7 Å². The van der Waals surface area contributed by atoms with E-state index in [2.05, 4.69) is 45.8 Å². The van der Waals surface area contributed by atoms with E-state index in [4.69, 9.17) is 20.3 Å². The molecule has 0 aliphatic carbocycles. The molecule has 7 aromatic rings. The first-order valence-corrected chi connectivity index (χ1v) is 26.0. The number of hydrogen-bond donors (Lipinski definition) is 4. The monoisotopic (exact) mass is 1030 g/mol. The summed E-state index contributed by atoms with van der Waals surface area (Å²) >= 11 is 0. The first-order valence-electron chi connectivity index (χ1n) is 26.0. The Morgan fingerprint density at radius 2 is 1.43 bits per heavy atom. The molecule has 2 fully saturated rings. The van der Waals surface area contributed by atoms with E-state index < -0.39 is 0 Å². The van der Waals surface area contributed by atoms with Gasteiger partial charge in [-0.2, -0.15) is 20.5 Å². The van der Waals surface area contributed by atoms with Crippen molar-refractivity contribution >= 4 is 46.2 Å². The van der Waals surface area contributed by atoms with Crippen molar-refractivity contribution in [3.8, 4) is 45.3 Å². The Balaban J connectivity index is 0.592. The number of anilines is 2. The van der Waals surface area contributed by atoms with E-state index in [1.807, 2.05) is 119 Å². The number of carbonyl (C=O) groups is 4. The summed E-state index contributed by atoms with van der Waals surface area (Å²) in [5.41, 5.74) is 13.3. The van der Waals surface area contributed by atoms with E-state index in [0.717, 1.165) is 79.3 Å². The fourth-order valence-electron chi connectivity index (χ4n) is 10.0. The third-order valence-electron chi connectivity index (χ3n) is 14.0. The lowest BCUT2D eigenvalue weighted by molar-refractivity contribution is -0.127. The molecular weight excluding hydrogens is 965 g/mol. The molecule has 10 rings (SSSR count). The van der Waals surface area contributed by atoms with Crippen LogP contribution >= 0.6 is 0 Å². The van der Waals surface area contributed by atoms with Crippen LogP contribution in [0.2, 0.25) is 0 Å². The maximum atomic E-state index is 13.7. The Morgan fingerprint density at radius 1 is 0.724 bits per heavy atom. The van der Waals surface area contributed by atoms with Crippen LogP contribution in [0.15, 0.2) is 122 Å². The molecular formula is C56H62N14O6. The molecule has 1 atom stereocenters. The van der Waals surface area contributed by atoms with Crippen LogP contribution in [0.3, 0.4) is 0 Å². The number of nitrogens with two attached hydrogens (primary N) is 1. The molecule has 2 saturated heterocycles. The average molecular weight is 1030 g/mol. The van der Waals surface area contributed by atoms with E-state index in [1.54, 1.807) is 11.0 Å². The number of aromatic amines is 1. The molecule has 20 heteroatoms. The third-order valence-corrected chi connectivity index (χ3v) is 14.0. The van der Waals surface area contributed by atoms with Gasteiger partial charge in [-0.15, -0.1) is 0 Å². The molecule has 0 spiro atoms. The van der Waals surface area contributed by atoms with Gasteiger partial charge in [0.15, 0.2) is 5.65 Å². The number of piperazine rings is 1. The number of rotatable bonds is 19. The van der Waals surface area contributed by atoms with Crippen LogP contribution in [0.5, 0.6) is 11.5 Å². The second kappa shape index (κ2) is 24.3. The standard InChI is InChI=1S/C56H62N14O6/c57-55-51-52(39-18-20-43(21-19-39)76-42-12-2-1-3-13-42)64-70(56(51)61-38-60-55)41-11-8-28-68(37-41)49(73)17-9-27-66-30-32-67(33-31-66)29-25-58-48(72)24-34-75-35-26-59-47(71)22-23-50(74)69-36-40-10-4-5-14-44(40)53-54(63-65-62-53)45-15-6-7-16-46(45)69/h1-7,9-10,12-21,38,41H,8,11,22-37H2,(H,58,72)(H,59,71)(H2,57,60,61)(H,62,63,65)/b17-9+/t41-/m1/s1. The van der Waals surface area contributed by atoms with E-state index in [9.17, 15) is 19.2 Å². The van der Waals surface area contributed by atoms with Crippen LogP contribution in [-0.2, 0) is 30.5 Å². The third kappa shape index (κ3) is 12.3. The number of likely N-dealkylation sites (tertiary alicyclic amines) is 1. The minimum atomic E-state index is -0.252. The largest absolute Gasteiger partial charge is 0.457 e. The van der Waals surface area contributed by atoms with Crippen molar-refractivity contribution in [2.24, 2.45) is 0 Å². The van der Waals surface area contributed by atoms with Crippen LogP contribution in [0, 0.1) is 0 Å². The zero-order valence-electron chi connectivity index (χ0n) is 42.4. The number of nitrogen functional groups attached to an aromatic ring is 1. The second-order valence-corrected chi connectivity index (χ2v) is 19.1. The number of H-pyrrole nitrogens is 1. The van der Waals surface area contributed by atoms with Crippen molar-refractivity contribution in [3.63, 3.8) is 0 Å². The SMILES string of the molecule is Nc1ncnc2c1c(-c1ccc(Oc3ccccc3)cc1)nn2[C@@H]1CCCN(C(=O)/C=C/CN2CCN(CCNC(=O)CCOCCNC(=O)CCC(=O)N3Cc4ccccc4-c4n[nH]nc4-c4ccccc43)CC2)C1. The number of fused-ring (bicyclic) bond motifs is 6. The predicted octanol–water partition coefficient (Wildman–Crippen LogP) is 5.62. The summed E-state index contributed by atoms with van der Waals surface area (Å²) in [6, 6.07) is 32.6. The number of nitrogens with zero attached hydrogens (tertiary/aromatic N) is 10. The zero-order valence-corrected chi connectivity index (χ0v) is 42.4. The highest BCUT2D eigenvalue weighted by Gasteiger charge is 2.30. The lowest BCUT2D eigenvalue weighted by Crippen LogP contribution is -2.48. The molecule has 0 unspecified atom stereocenters. The van der Waals surface area contributed by atoms with Gasteiger partial charge in [-0.1, -0.05) is 66.7 Å². The molecule has 6 heterocycles. The molecule has 0 radical (unpaired) electrons. The molecule has 4 aromatic carbocycles. The first-order chi connectivity index (χ1) is 37.3. The van der Waals surface area contributed by atoms with Gasteiger partial charge in [0, 0.05) is 107 Å². The van der Waals surface area contributed by atoms with Crippen molar-refractivity contribution in [2.75, 3.05) is 89.3 Å². The molecule has 5 N–H and O–H groups in total. The molecule has 392 valence electrons. The molecule has 20 nitrogen and oxygen atoms in total. The van der Waals surface area contributed by atoms with Gasteiger partial charge in [0.2, 0.25) is 23.6 Å². The van der Waals surface area contributed by atoms with E-state index >= 15 is 0 Å². The van der Waals surface area contributed by atoms with Gasteiger partial charge in [0.1, 0.15) is 40.7 Å². The maximum Gasteiger partial charge on any atom is 0.246 e. The molecule has 3 aromatic heterocycles. The van der Waals surface area contributed by atoms with Crippen LogP contribution < -0.4 is 26.0 Å². The Morgan fingerprint density at radius 3 is 2.26 bits per heavy atom. The van der Waals surface area contributed by atoms with E-state index in [-0.39, 0.29) is 68.7 Å². The number of para-hydroxylation sites is 2. The number of nitrogens with one attached hydrogen (secondary N) is 3. The van der Waals surface area contributed by atoms with E-state index in [0.29, 0.717) is 72.4 Å². The van der Waals surface area contributed by atoms with Gasteiger partial charge in [-0.25, -0.2) is 14.6 Å². The van der Waals surface area contributed by atoms with Gasteiger partial charge in [-0.05, 0) is 60.9 Å². The summed E-state index contributed by atoms with van der Waals surface area (Å²) in [7, 11) is 0. The lowest BCUT2D eigenvalue weighted by atomic mass is 9.95. The van der Waals surface area contributed by atoms with Crippen molar-refractivity contribution in [1.82, 2.24) is 60.5 Å². The highest BCUT2D eigenvalue weighted by molar-refractivity contribution is 6.01. The fraction of sp³-hybridized carbons (Fsp3) is 0.339. The maximum absolute atomic E-state index is 13.7. The highest BCUT2D eigenvalue weighted by atomic mass is 16.5. The summed E-state index contributed by atoms with van der Waals surface area (Å²) < 4.78 is 13.5. The summed E-state index contributed by atoms with van der Waals surface area (Å²) in [5, 5.41) is 23.1. The lowest BCUT2D eigenvalue weighted by Gasteiger charge is -2.34. The average Bonchev–Trinajstić information content (AvgIpc) is 4.13. The first kappa shape index (κ1) is 51.2. The number of carbonyl (C=O) groups excluding carboxylic acids is 4. The van der Waals surface area contributed by atoms with Crippen molar-refractivity contribution < 1.29 is 28.7 Å². The Labute approximate surface area is 440 Å². The molecule has 3 aliphatic heterocycles. The Bertz CT molecular complexity index is 3170. The summed E-state index contributed by atoms with van der Waals surface area (Å²) in [4.78, 5) is 69.6. The van der Waals surface area contributed by atoms with Crippen molar-refractivity contribution in [2.45, 2.75) is 44.7 Å². The highest BCUT2D eigenvalue weighted by Crippen LogP contribution is 2.40. The molecule has 0 saturated carbocycles. The number of ether oxygens (including phenoxy) is 2. The van der Waals surface area contributed by atoms with Gasteiger partial charge >= 0.3 is 0 Å². The predicted molar refractivity (Wildman–Crippen MR) is 288 cm³/mol. The number of aromatic nitrogens is 7. The zero-order chi connectivity index (χ0) is 52.2. The number of hydrogen-bond acceptors (Lipinski definition) is 14. The summed E-state index contributed by atoms with van der Waals surface area (Å²) in [6.45, 7) is 7.62. The molecule has 76 heavy (non-hydrogen) atoms. The summed E-state index contributed by atoms with van der Waals surface area (Å²) in [5.74, 6) is 1.26. The van der Waals surface area contributed by atoms with Gasteiger partial charge in [0.05, 0.1) is 36.9 Å². The van der Waals surface area contributed by atoms with Crippen LogP contribution in [-0.4, -0.2) is 152 Å². The van der Waals surface area contributed by atoms with Crippen LogP contribution in [0.4, 0.5) is 11.5 Å². The molecule has 3 aliphatic rings. The number of piperidine rings is 1. The number of amides is 4. The topological polar surface area (TPSA) is 235 Å². The number of benzene rings is 4. The fourth-order valence-corrected chi connectivity index (χ4v) is 10.0. The molecule has 4 amide bonds. The van der Waals surface area contributed by atoms with E-state index in [1.165, 1.54) is 6.33 Å². The normalized spacial score (nSPS) is 15.9. The van der Waals surface area contributed by atoms with Crippen molar-refractivity contribution in [3.05, 3.63) is 127 Å². The Kier molecular flexibility index (Phi) is 16.4.